The standard InChI is InChI=1S/C28H35N3O4S/c1-35-22-6-7-26-25(17-22)24(10-13-30-26)27(32)8-4-20-11-14-31(19-21(20)5-9-28(33)34)15-16-36-23-3-2-12-29-18-23/h2-3,6-7,10,12-13,17-18,20-21,27,32H,4-5,8-9,11,14-16,19H2,1H3,(H,33,34)/t20?,21?,27-/m0/s1. The Labute approximate surface area is 216 Å². The highest BCUT2D eigenvalue weighted by molar-refractivity contribution is 7.99. The molecule has 2 N–H and O–H groups in total. The third kappa shape index (κ3) is 7.18. The SMILES string of the molecule is COc1ccc2nccc([C@@H](O)CCC3CCN(CCSc4cccnc4)CC3CCC(=O)O)c2c1. The summed E-state index contributed by atoms with van der Waals surface area (Å²) in [7, 11) is 1.63. The summed E-state index contributed by atoms with van der Waals surface area (Å²) in [6, 6.07) is 11.6. The van der Waals surface area contributed by atoms with Gasteiger partial charge in [0.2, 0.25) is 0 Å². The highest BCUT2D eigenvalue weighted by Gasteiger charge is 2.30. The van der Waals surface area contributed by atoms with E-state index in [1.807, 2.05) is 36.5 Å². The van der Waals surface area contributed by atoms with E-state index in [-0.39, 0.29) is 6.42 Å². The van der Waals surface area contributed by atoms with Crippen LogP contribution in [0.1, 0.15) is 43.8 Å². The van der Waals surface area contributed by atoms with Crippen LogP contribution in [0.3, 0.4) is 0 Å². The Bertz CT molecular complexity index is 1130. The van der Waals surface area contributed by atoms with E-state index in [9.17, 15) is 15.0 Å². The number of aliphatic carboxylic acids is 1. The van der Waals surface area contributed by atoms with E-state index < -0.39 is 12.1 Å². The number of fused-ring (bicyclic) bond motifs is 1. The molecule has 0 saturated carbocycles. The monoisotopic (exact) mass is 509 g/mol. The first kappa shape index (κ1) is 26.4. The van der Waals surface area contributed by atoms with Gasteiger partial charge in [0.15, 0.2) is 0 Å². The maximum Gasteiger partial charge on any atom is 0.303 e. The van der Waals surface area contributed by atoms with Crippen LogP contribution in [0.4, 0.5) is 0 Å². The molecule has 0 bridgehead atoms. The number of aliphatic hydroxyl groups excluding tert-OH is 1. The minimum atomic E-state index is -0.741. The van der Waals surface area contributed by atoms with Gasteiger partial charge in [0.25, 0.3) is 0 Å². The number of pyridine rings is 2. The number of carbonyl (C=O) groups is 1. The van der Waals surface area contributed by atoms with Gasteiger partial charge in [-0.15, -0.1) is 11.8 Å². The number of nitrogens with zero attached hydrogens (tertiary/aromatic N) is 3. The lowest BCUT2D eigenvalue weighted by molar-refractivity contribution is -0.137. The number of rotatable bonds is 12. The van der Waals surface area contributed by atoms with E-state index in [1.54, 1.807) is 31.3 Å². The van der Waals surface area contributed by atoms with E-state index >= 15 is 0 Å². The lowest BCUT2D eigenvalue weighted by Crippen LogP contribution is -2.41. The molecular weight excluding hydrogens is 474 g/mol. The molecule has 0 aliphatic carbocycles. The molecule has 4 rings (SSSR count). The van der Waals surface area contributed by atoms with E-state index in [4.69, 9.17) is 4.74 Å². The molecule has 3 aromatic rings. The third-order valence-corrected chi connectivity index (χ3v) is 8.13. The average molecular weight is 510 g/mol. The fourth-order valence-electron chi connectivity index (χ4n) is 5.19. The second-order valence-electron chi connectivity index (χ2n) is 9.46. The summed E-state index contributed by atoms with van der Waals surface area (Å²) in [4.78, 5) is 23.5. The normalized spacial score (nSPS) is 19.3. The molecule has 0 radical (unpaired) electrons. The number of carboxylic acids is 1. The summed E-state index contributed by atoms with van der Waals surface area (Å²) in [5.41, 5.74) is 1.70. The lowest BCUT2D eigenvalue weighted by atomic mass is 9.79. The zero-order valence-electron chi connectivity index (χ0n) is 20.8. The summed E-state index contributed by atoms with van der Waals surface area (Å²) in [6.07, 6.45) is 8.22. The topological polar surface area (TPSA) is 95.8 Å². The zero-order chi connectivity index (χ0) is 25.3. The molecule has 1 saturated heterocycles. The van der Waals surface area contributed by atoms with E-state index in [0.29, 0.717) is 24.7 Å². The molecule has 1 aliphatic rings. The minimum absolute atomic E-state index is 0.191. The predicted molar refractivity (Wildman–Crippen MR) is 142 cm³/mol. The van der Waals surface area contributed by atoms with Crippen molar-refractivity contribution in [1.29, 1.82) is 0 Å². The van der Waals surface area contributed by atoms with Crippen LogP contribution >= 0.6 is 11.8 Å². The smallest absolute Gasteiger partial charge is 0.303 e. The van der Waals surface area contributed by atoms with Crippen molar-refractivity contribution in [2.45, 2.75) is 43.1 Å². The largest absolute Gasteiger partial charge is 0.497 e. The molecule has 2 aromatic heterocycles. The van der Waals surface area contributed by atoms with Crippen LogP contribution in [0.2, 0.25) is 0 Å². The summed E-state index contributed by atoms with van der Waals surface area (Å²) < 4.78 is 5.37. The van der Waals surface area contributed by atoms with Gasteiger partial charge in [0.1, 0.15) is 5.75 Å². The number of thioether (sulfide) groups is 1. The molecule has 3 heterocycles. The van der Waals surface area contributed by atoms with Gasteiger partial charge in [-0.25, -0.2) is 0 Å². The van der Waals surface area contributed by atoms with Gasteiger partial charge in [0, 0.05) is 54.1 Å². The van der Waals surface area contributed by atoms with Crippen molar-refractivity contribution in [2.24, 2.45) is 11.8 Å². The molecule has 36 heavy (non-hydrogen) atoms. The summed E-state index contributed by atoms with van der Waals surface area (Å²) >= 11 is 1.80. The number of aromatic nitrogens is 2. The van der Waals surface area contributed by atoms with Gasteiger partial charge < -0.3 is 19.8 Å². The molecule has 7 nitrogen and oxygen atoms in total. The van der Waals surface area contributed by atoms with Crippen LogP contribution in [0.15, 0.2) is 59.9 Å². The average Bonchev–Trinajstić information content (AvgIpc) is 2.91. The van der Waals surface area contributed by atoms with E-state index in [2.05, 4.69) is 20.9 Å². The molecule has 3 atom stereocenters. The molecule has 2 unspecified atom stereocenters. The predicted octanol–water partition coefficient (Wildman–Crippen LogP) is 5.05. The van der Waals surface area contributed by atoms with Gasteiger partial charge in [-0.2, -0.15) is 0 Å². The Hall–Kier alpha value is -2.68. The first-order valence-corrected chi connectivity index (χ1v) is 13.6. The molecule has 0 amide bonds. The molecule has 0 spiro atoms. The Balaban J connectivity index is 1.35. The lowest BCUT2D eigenvalue weighted by Gasteiger charge is -2.39. The first-order valence-electron chi connectivity index (χ1n) is 12.6. The molecule has 1 fully saturated rings. The van der Waals surface area contributed by atoms with Crippen molar-refractivity contribution >= 4 is 28.6 Å². The zero-order valence-corrected chi connectivity index (χ0v) is 21.6. The van der Waals surface area contributed by atoms with Crippen molar-refractivity contribution in [3.05, 3.63) is 60.6 Å². The number of hydrogen-bond donors (Lipinski definition) is 2. The quantitative estimate of drug-likeness (QED) is 0.328. The fourth-order valence-corrected chi connectivity index (χ4v) is 6.09. The number of piperidine rings is 1. The second kappa shape index (κ2) is 13.0. The highest BCUT2D eigenvalue weighted by Crippen LogP contribution is 2.35. The molecular formula is C28H35N3O4S. The van der Waals surface area contributed by atoms with Crippen LogP contribution in [0.5, 0.6) is 5.75 Å². The molecule has 8 heteroatoms. The Kier molecular flexibility index (Phi) is 9.55. The third-order valence-electron chi connectivity index (χ3n) is 7.17. The number of aliphatic hydroxyl groups is 1. The number of carboxylic acid groups (broad SMARTS) is 1. The minimum Gasteiger partial charge on any atom is -0.497 e. The van der Waals surface area contributed by atoms with Crippen LogP contribution in [-0.4, -0.2) is 63.5 Å². The Morgan fingerprint density at radius 3 is 2.89 bits per heavy atom. The van der Waals surface area contributed by atoms with Crippen molar-refractivity contribution in [1.82, 2.24) is 14.9 Å². The Morgan fingerprint density at radius 1 is 1.22 bits per heavy atom. The number of hydrogen-bond acceptors (Lipinski definition) is 7. The van der Waals surface area contributed by atoms with Gasteiger partial charge in [-0.05, 0) is 86.0 Å². The summed E-state index contributed by atoms with van der Waals surface area (Å²) in [6.45, 7) is 2.90. The van der Waals surface area contributed by atoms with Gasteiger partial charge in [-0.3, -0.25) is 14.8 Å². The van der Waals surface area contributed by atoms with Crippen molar-refractivity contribution < 1.29 is 19.7 Å². The number of ether oxygens (including phenoxy) is 1. The van der Waals surface area contributed by atoms with Gasteiger partial charge in [-0.1, -0.05) is 0 Å². The van der Waals surface area contributed by atoms with Crippen molar-refractivity contribution in [2.75, 3.05) is 32.5 Å². The van der Waals surface area contributed by atoms with Crippen LogP contribution in [-0.2, 0) is 4.79 Å². The highest BCUT2D eigenvalue weighted by atomic mass is 32.2. The van der Waals surface area contributed by atoms with E-state index in [1.165, 1.54) is 4.90 Å². The van der Waals surface area contributed by atoms with Crippen LogP contribution in [0.25, 0.3) is 10.9 Å². The Morgan fingerprint density at radius 2 is 2.11 bits per heavy atom. The fraction of sp³-hybridized carbons (Fsp3) is 0.464. The molecule has 192 valence electrons. The van der Waals surface area contributed by atoms with E-state index in [0.717, 1.165) is 60.4 Å². The second-order valence-corrected chi connectivity index (χ2v) is 10.6. The number of benzene rings is 1. The number of methoxy groups -OCH3 is 1. The van der Waals surface area contributed by atoms with Crippen LogP contribution < -0.4 is 4.74 Å². The van der Waals surface area contributed by atoms with Crippen LogP contribution in [0, 0.1) is 11.8 Å². The maximum atomic E-state index is 11.3. The van der Waals surface area contributed by atoms with Crippen molar-refractivity contribution in [3.8, 4) is 5.75 Å². The molecule has 1 aliphatic heterocycles. The maximum absolute atomic E-state index is 11.3. The van der Waals surface area contributed by atoms with Gasteiger partial charge in [0.05, 0.1) is 18.7 Å². The summed E-state index contributed by atoms with van der Waals surface area (Å²) in [5, 5.41) is 21.3. The molecule has 1 aromatic carbocycles. The number of likely N-dealkylation sites (tertiary alicyclic amines) is 1. The van der Waals surface area contributed by atoms with Gasteiger partial charge >= 0.3 is 5.97 Å². The first-order chi connectivity index (χ1) is 17.5. The summed E-state index contributed by atoms with van der Waals surface area (Å²) in [5.74, 6) is 1.71. The van der Waals surface area contributed by atoms with Crippen molar-refractivity contribution in [3.63, 3.8) is 0 Å².